The highest BCUT2D eigenvalue weighted by molar-refractivity contribution is 7.90. The first-order chi connectivity index (χ1) is 7.26. The van der Waals surface area contributed by atoms with Crippen LogP contribution in [0.4, 0.5) is 8.78 Å². The van der Waals surface area contributed by atoms with Crippen molar-refractivity contribution in [2.45, 2.75) is 17.2 Å². The molecule has 0 spiro atoms. The molecule has 0 aliphatic rings. The van der Waals surface area contributed by atoms with E-state index in [1.165, 1.54) is 24.3 Å². The van der Waals surface area contributed by atoms with Crippen LogP contribution in [0.2, 0.25) is 0 Å². The molecule has 0 fully saturated rings. The van der Waals surface area contributed by atoms with E-state index in [0.717, 1.165) is 6.26 Å². The lowest BCUT2D eigenvalue weighted by Crippen LogP contribution is -2.30. The quantitative estimate of drug-likeness (QED) is 0.873. The molecule has 6 heteroatoms. The minimum atomic E-state index is -3.49. The molecule has 0 saturated heterocycles. The first kappa shape index (κ1) is 13.1. The van der Waals surface area contributed by atoms with E-state index in [4.69, 9.17) is 5.73 Å². The van der Waals surface area contributed by atoms with Crippen LogP contribution in [-0.2, 0) is 16.3 Å². The molecule has 0 saturated carbocycles. The number of sulfone groups is 1. The molecule has 2 N–H and O–H groups in total. The minimum Gasteiger partial charge on any atom is -0.325 e. The fourth-order valence-electron chi connectivity index (χ4n) is 1.36. The van der Waals surface area contributed by atoms with Crippen molar-refractivity contribution in [3.8, 4) is 0 Å². The van der Waals surface area contributed by atoms with Crippen LogP contribution >= 0.6 is 0 Å². The molecule has 0 unspecified atom stereocenters. The monoisotopic (exact) mass is 249 g/mol. The van der Waals surface area contributed by atoms with Crippen molar-refractivity contribution in [2.24, 2.45) is 5.73 Å². The van der Waals surface area contributed by atoms with Crippen molar-refractivity contribution in [2.75, 3.05) is 12.8 Å². The second kappa shape index (κ2) is 4.47. The van der Waals surface area contributed by atoms with Crippen molar-refractivity contribution in [3.05, 3.63) is 29.8 Å². The van der Waals surface area contributed by atoms with E-state index in [1.54, 1.807) is 0 Å². The van der Waals surface area contributed by atoms with Crippen LogP contribution in [0.1, 0.15) is 5.56 Å². The molecule has 1 aromatic rings. The van der Waals surface area contributed by atoms with Crippen LogP contribution in [-0.4, -0.2) is 27.1 Å². The van der Waals surface area contributed by atoms with Gasteiger partial charge in [-0.2, -0.15) is 0 Å². The zero-order valence-electron chi connectivity index (χ0n) is 8.78. The normalized spacial score (nSPS) is 12.8. The molecule has 0 amide bonds. The third-order valence-electron chi connectivity index (χ3n) is 2.12. The Morgan fingerprint density at radius 3 is 2.38 bits per heavy atom. The Labute approximate surface area is 93.2 Å². The maximum Gasteiger partial charge on any atom is 0.264 e. The largest absolute Gasteiger partial charge is 0.325 e. The number of benzene rings is 1. The van der Waals surface area contributed by atoms with Gasteiger partial charge in [0, 0.05) is 12.7 Å². The number of rotatable bonds is 4. The Morgan fingerprint density at radius 2 is 1.88 bits per heavy atom. The highest BCUT2D eigenvalue weighted by Crippen LogP contribution is 2.23. The number of alkyl halides is 2. The van der Waals surface area contributed by atoms with Gasteiger partial charge in [-0.15, -0.1) is 0 Å². The molecule has 0 heterocycles. The highest BCUT2D eigenvalue weighted by atomic mass is 32.2. The van der Waals surface area contributed by atoms with Crippen LogP contribution in [0.15, 0.2) is 29.2 Å². The van der Waals surface area contributed by atoms with Crippen molar-refractivity contribution >= 4 is 9.84 Å². The molecule has 0 aliphatic carbocycles. The number of hydrogen-bond acceptors (Lipinski definition) is 3. The topological polar surface area (TPSA) is 60.2 Å². The lowest BCUT2D eigenvalue weighted by molar-refractivity contribution is 0.0109. The summed E-state index contributed by atoms with van der Waals surface area (Å²) >= 11 is 0. The molecular weight excluding hydrogens is 236 g/mol. The molecule has 16 heavy (non-hydrogen) atoms. The van der Waals surface area contributed by atoms with E-state index in [-0.39, 0.29) is 10.5 Å². The fraction of sp³-hybridized carbons (Fsp3) is 0.400. The molecule has 1 rings (SSSR count). The van der Waals surface area contributed by atoms with E-state index in [2.05, 4.69) is 0 Å². The van der Waals surface area contributed by atoms with Gasteiger partial charge in [0.15, 0.2) is 9.84 Å². The van der Waals surface area contributed by atoms with Gasteiger partial charge >= 0.3 is 0 Å². The number of hydrogen-bond donors (Lipinski definition) is 1. The summed E-state index contributed by atoms with van der Waals surface area (Å²) in [6, 6.07) is 5.72. The van der Waals surface area contributed by atoms with Gasteiger partial charge in [0.05, 0.1) is 11.4 Å². The summed E-state index contributed by atoms with van der Waals surface area (Å²) in [6.07, 6.45) is 0.333. The smallest absolute Gasteiger partial charge is 0.264 e. The highest BCUT2D eigenvalue weighted by Gasteiger charge is 2.29. The third-order valence-corrected chi connectivity index (χ3v) is 3.32. The summed E-state index contributed by atoms with van der Waals surface area (Å²) in [5.74, 6) is -3.08. The van der Waals surface area contributed by atoms with E-state index in [1.807, 2.05) is 0 Å². The Morgan fingerprint density at radius 1 is 1.31 bits per heavy atom. The molecular formula is C10H13F2NO2S. The van der Waals surface area contributed by atoms with E-state index >= 15 is 0 Å². The maximum absolute atomic E-state index is 13.1. The van der Waals surface area contributed by atoms with Crippen LogP contribution in [0.5, 0.6) is 0 Å². The minimum absolute atomic E-state index is 0.0666. The van der Waals surface area contributed by atoms with Crippen LogP contribution in [0.25, 0.3) is 0 Å². The Hall–Kier alpha value is -1.01. The zero-order valence-corrected chi connectivity index (χ0v) is 9.60. The second-order valence-corrected chi connectivity index (χ2v) is 5.60. The zero-order chi connectivity index (χ0) is 12.4. The van der Waals surface area contributed by atoms with Crippen LogP contribution in [0.3, 0.4) is 0 Å². The predicted molar refractivity (Wildman–Crippen MR) is 57.3 cm³/mol. The van der Waals surface area contributed by atoms with E-state index in [9.17, 15) is 17.2 Å². The second-order valence-electron chi connectivity index (χ2n) is 3.62. The van der Waals surface area contributed by atoms with E-state index < -0.39 is 28.7 Å². The summed E-state index contributed by atoms with van der Waals surface area (Å²) < 4.78 is 48.9. The first-order valence-corrected chi connectivity index (χ1v) is 6.51. The van der Waals surface area contributed by atoms with Crippen LogP contribution in [0, 0.1) is 0 Å². The fourth-order valence-corrected chi connectivity index (χ4v) is 2.30. The van der Waals surface area contributed by atoms with E-state index in [0.29, 0.717) is 0 Å². The van der Waals surface area contributed by atoms with Gasteiger partial charge in [-0.3, -0.25) is 0 Å². The van der Waals surface area contributed by atoms with Gasteiger partial charge in [-0.1, -0.05) is 18.2 Å². The SMILES string of the molecule is CS(=O)(=O)c1ccccc1CC(F)(F)CN. The third kappa shape index (κ3) is 3.24. The van der Waals surface area contributed by atoms with Gasteiger partial charge < -0.3 is 5.73 Å². The molecule has 0 aliphatic heterocycles. The van der Waals surface area contributed by atoms with Crippen molar-refractivity contribution in [1.29, 1.82) is 0 Å². The summed E-state index contributed by atoms with van der Waals surface area (Å²) in [7, 11) is -3.49. The lowest BCUT2D eigenvalue weighted by Gasteiger charge is -2.15. The number of nitrogens with two attached hydrogens (primary N) is 1. The molecule has 0 radical (unpaired) electrons. The summed E-state index contributed by atoms with van der Waals surface area (Å²) in [6.45, 7) is -0.800. The Balaban J connectivity index is 3.16. The average molecular weight is 249 g/mol. The summed E-state index contributed by atoms with van der Waals surface area (Å²) in [4.78, 5) is -0.0666. The van der Waals surface area contributed by atoms with Crippen molar-refractivity contribution in [1.82, 2.24) is 0 Å². The molecule has 1 aromatic carbocycles. The summed E-state index contributed by atoms with van der Waals surface area (Å²) in [5.41, 5.74) is 5.01. The van der Waals surface area contributed by atoms with Crippen molar-refractivity contribution < 1.29 is 17.2 Å². The van der Waals surface area contributed by atoms with Gasteiger partial charge in [0.2, 0.25) is 0 Å². The molecule has 0 atom stereocenters. The van der Waals surface area contributed by atoms with Crippen molar-refractivity contribution in [3.63, 3.8) is 0 Å². The van der Waals surface area contributed by atoms with Crippen LogP contribution < -0.4 is 5.73 Å². The van der Waals surface area contributed by atoms with Gasteiger partial charge in [-0.25, -0.2) is 17.2 Å². The van der Waals surface area contributed by atoms with Gasteiger partial charge in [-0.05, 0) is 11.6 Å². The molecule has 90 valence electrons. The molecule has 0 aromatic heterocycles. The Kier molecular flexibility index (Phi) is 3.64. The molecule has 3 nitrogen and oxygen atoms in total. The standard InChI is InChI=1S/C10H13F2NO2S/c1-16(14,15)9-5-3-2-4-8(9)6-10(11,12)7-13/h2-5H,6-7,13H2,1H3. The maximum atomic E-state index is 13.1. The first-order valence-electron chi connectivity index (χ1n) is 4.62. The Bertz CT molecular complexity index is 471. The van der Waals surface area contributed by atoms with Gasteiger partial charge in [0.25, 0.3) is 5.92 Å². The average Bonchev–Trinajstić information content (AvgIpc) is 2.16. The molecule has 0 bridgehead atoms. The van der Waals surface area contributed by atoms with Gasteiger partial charge in [0.1, 0.15) is 0 Å². The lowest BCUT2D eigenvalue weighted by atomic mass is 10.1. The number of halogens is 2. The predicted octanol–water partition coefficient (Wildman–Crippen LogP) is 1.23. The summed E-state index contributed by atoms with van der Waals surface area (Å²) in [5, 5.41) is 0.